The van der Waals surface area contributed by atoms with Gasteiger partial charge in [-0.1, -0.05) is 54.1 Å². The zero-order valence-corrected chi connectivity index (χ0v) is 18.9. The Morgan fingerprint density at radius 1 is 1.06 bits per heavy atom. The first-order chi connectivity index (χ1) is 16.0. The predicted molar refractivity (Wildman–Crippen MR) is 129 cm³/mol. The molecule has 0 saturated carbocycles. The van der Waals surface area contributed by atoms with Crippen LogP contribution in [0.3, 0.4) is 0 Å². The first kappa shape index (κ1) is 22.7. The van der Waals surface area contributed by atoms with Gasteiger partial charge in [-0.15, -0.1) is 0 Å². The van der Waals surface area contributed by atoms with Crippen molar-refractivity contribution in [3.63, 3.8) is 0 Å². The maximum absolute atomic E-state index is 12.0. The van der Waals surface area contributed by atoms with Crippen molar-refractivity contribution in [2.24, 2.45) is 0 Å². The van der Waals surface area contributed by atoms with Crippen LogP contribution in [-0.4, -0.2) is 29.2 Å². The van der Waals surface area contributed by atoms with E-state index >= 15 is 0 Å². The van der Waals surface area contributed by atoms with Crippen molar-refractivity contribution in [2.45, 2.75) is 25.6 Å². The number of para-hydroxylation sites is 2. The number of fused-ring (bicyclic) bond motifs is 1. The first-order valence-corrected chi connectivity index (χ1v) is 11.0. The normalized spacial score (nSPS) is 11.9. The first-order valence-electron chi connectivity index (χ1n) is 10.6. The lowest BCUT2D eigenvalue weighted by atomic mass is 10.0. The molecule has 33 heavy (non-hydrogen) atoms. The fourth-order valence-electron chi connectivity index (χ4n) is 3.76. The number of carboxylic acid groups (broad SMARTS) is 1. The van der Waals surface area contributed by atoms with E-state index in [9.17, 15) is 9.90 Å². The number of benzene rings is 3. The van der Waals surface area contributed by atoms with Crippen molar-refractivity contribution < 1.29 is 19.4 Å². The SMILES string of the molecule is COc1cccc(CN[C@@H](Cc2c[nH]c3ccccc23)C(=O)O)c1OCc1ccc(Cl)cc1. The lowest BCUT2D eigenvalue weighted by Gasteiger charge is -2.18. The highest BCUT2D eigenvalue weighted by molar-refractivity contribution is 6.30. The van der Waals surface area contributed by atoms with Crippen molar-refractivity contribution in [3.05, 3.63) is 94.6 Å². The van der Waals surface area contributed by atoms with Crippen LogP contribution in [0.1, 0.15) is 16.7 Å². The average Bonchev–Trinajstić information content (AvgIpc) is 3.24. The molecule has 3 aromatic carbocycles. The van der Waals surface area contributed by atoms with Gasteiger partial charge in [0.05, 0.1) is 7.11 Å². The van der Waals surface area contributed by atoms with E-state index in [1.54, 1.807) is 7.11 Å². The molecule has 0 fully saturated rings. The average molecular weight is 465 g/mol. The second-order valence-corrected chi connectivity index (χ2v) is 8.14. The smallest absolute Gasteiger partial charge is 0.321 e. The van der Waals surface area contributed by atoms with Crippen molar-refractivity contribution in [3.8, 4) is 11.5 Å². The highest BCUT2D eigenvalue weighted by Gasteiger charge is 2.21. The van der Waals surface area contributed by atoms with E-state index in [4.69, 9.17) is 21.1 Å². The van der Waals surface area contributed by atoms with Gasteiger partial charge in [-0.05, 0) is 35.4 Å². The summed E-state index contributed by atoms with van der Waals surface area (Å²) >= 11 is 5.96. The van der Waals surface area contributed by atoms with Gasteiger partial charge >= 0.3 is 5.97 Å². The van der Waals surface area contributed by atoms with Crippen LogP contribution in [0.15, 0.2) is 72.9 Å². The van der Waals surface area contributed by atoms with Crippen LogP contribution in [0, 0.1) is 0 Å². The molecule has 4 rings (SSSR count). The molecule has 4 aromatic rings. The molecular formula is C26H25ClN2O4. The van der Waals surface area contributed by atoms with Gasteiger partial charge in [0.25, 0.3) is 0 Å². The van der Waals surface area contributed by atoms with E-state index in [0.29, 0.717) is 36.1 Å². The molecule has 7 heteroatoms. The van der Waals surface area contributed by atoms with Crippen molar-refractivity contribution in [1.29, 1.82) is 0 Å². The van der Waals surface area contributed by atoms with E-state index in [2.05, 4.69) is 10.3 Å². The Kier molecular flexibility index (Phi) is 7.17. The summed E-state index contributed by atoms with van der Waals surface area (Å²) in [6.45, 7) is 0.648. The number of hydrogen-bond acceptors (Lipinski definition) is 4. The quantitative estimate of drug-likeness (QED) is 0.300. The van der Waals surface area contributed by atoms with E-state index in [0.717, 1.165) is 27.6 Å². The number of nitrogens with one attached hydrogen (secondary N) is 2. The molecule has 1 atom stereocenters. The van der Waals surface area contributed by atoms with Gasteiger partial charge in [0.1, 0.15) is 12.6 Å². The number of methoxy groups -OCH3 is 1. The summed E-state index contributed by atoms with van der Waals surface area (Å²) in [6.07, 6.45) is 2.22. The summed E-state index contributed by atoms with van der Waals surface area (Å²) in [4.78, 5) is 15.2. The maximum Gasteiger partial charge on any atom is 0.321 e. The Morgan fingerprint density at radius 2 is 1.85 bits per heavy atom. The van der Waals surface area contributed by atoms with E-state index < -0.39 is 12.0 Å². The van der Waals surface area contributed by atoms with Gasteiger partial charge in [-0.3, -0.25) is 10.1 Å². The van der Waals surface area contributed by atoms with Gasteiger partial charge in [0, 0.05) is 40.7 Å². The van der Waals surface area contributed by atoms with Crippen LogP contribution < -0.4 is 14.8 Å². The number of rotatable bonds is 10. The molecule has 0 bridgehead atoms. The van der Waals surface area contributed by atoms with Gasteiger partial charge in [-0.25, -0.2) is 0 Å². The largest absolute Gasteiger partial charge is 0.493 e. The minimum Gasteiger partial charge on any atom is -0.493 e. The zero-order valence-electron chi connectivity index (χ0n) is 18.2. The topological polar surface area (TPSA) is 83.6 Å². The molecule has 0 radical (unpaired) electrons. The summed E-state index contributed by atoms with van der Waals surface area (Å²) in [7, 11) is 1.58. The number of carbonyl (C=O) groups is 1. The van der Waals surface area contributed by atoms with Gasteiger partial charge in [-0.2, -0.15) is 0 Å². The van der Waals surface area contributed by atoms with Crippen LogP contribution in [-0.2, 0) is 24.4 Å². The van der Waals surface area contributed by atoms with E-state index in [1.165, 1.54) is 0 Å². The number of ether oxygens (including phenoxy) is 2. The third-order valence-corrected chi connectivity index (χ3v) is 5.76. The van der Waals surface area contributed by atoms with Gasteiger partial charge < -0.3 is 19.6 Å². The number of aromatic amines is 1. The molecule has 0 saturated heterocycles. The minimum atomic E-state index is -0.910. The number of hydrogen-bond donors (Lipinski definition) is 3. The second-order valence-electron chi connectivity index (χ2n) is 7.70. The van der Waals surface area contributed by atoms with Crippen LogP contribution in [0.2, 0.25) is 5.02 Å². The molecule has 3 N–H and O–H groups in total. The minimum absolute atomic E-state index is 0.312. The molecule has 0 aliphatic rings. The molecule has 0 spiro atoms. The Hall–Kier alpha value is -3.48. The van der Waals surface area contributed by atoms with E-state index in [1.807, 2.05) is 72.9 Å². The standard InChI is InChI=1S/C26H25ClN2O4/c1-32-24-8-4-5-18(25(24)33-16-17-9-11-20(27)12-10-17)14-29-23(26(30)31)13-19-15-28-22-7-3-2-6-21(19)22/h2-12,15,23,28-29H,13-14,16H2,1H3,(H,30,31)/t23-/m0/s1. The third-order valence-electron chi connectivity index (χ3n) is 5.51. The number of halogens is 1. The number of aromatic nitrogens is 1. The van der Waals surface area contributed by atoms with E-state index in [-0.39, 0.29) is 0 Å². The summed E-state index contributed by atoms with van der Waals surface area (Å²) in [6, 6.07) is 20.1. The zero-order chi connectivity index (χ0) is 23.2. The van der Waals surface area contributed by atoms with Crippen molar-refractivity contribution in [2.75, 3.05) is 7.11 Å². The van der Waals surface area contributed by atoms with Gasteiger partial charge in [0.2, 0.25) is 0 Å². The lowest BCUT2D eigenvalue weighted by molar-refractivity contribution is -0.139. The number of H-pyrrole nitrogens is 1. The Labute approximate surface area is 197 Å². The molecule has 0 aliphatic carbocycles. The second kappa shape index (κ2) is 10.4. The Morgan fingerprint density at radius 3 is 2.61 bits per heavy atom. The molecule has 6 nitrogen and oxygen atoms in total. The van der Waals surface area contributed by atoms with Crippen molar-refractivity contribution in [1.82, 2.24) is 10.3 Å². The fraction of sp³-hybridized carbons (Fsp3) is 0.192. The Bertz CT molecular complexity index is 1240. The highest BCUT2D eigenvalue weighted by atomic mass is 35.5. The summed E-state index contributed by atoms with van der Waals surface area (Å²) < 4.78 is 11.6. The summed E-state index contributed by atoms with van der Waals surface area (Å²) in [5.41, 5.74) is 3.72. The lowest BCUT2D eigenvalue weighted by Crippen LogP contribution is -2.38. The molecule has 0 amide bonds. The monoisotopic (exact) mass is 464 g/mol. The Balaban J connectivity index is 1.49. The molecule has 1 heterocycles. The highest BCUT2D eigenvalue weighted by Crippen LogP contribution is 2.32. The van der Waals surface area contributed by atoms with Crippen LogP contribution in [0.4, 0.5) is 0 Å². The molecule has 1 aromatic heterocycles. The van der Waals surface area contributed by atoms with Crippen LogP contribution in [0.25, 0.3) is 10.9 Å². The maximum atomic E-state index is 12.0. The molecule has 170 valence electrons. The molecule has 0 unspecified atom stereocenters. The summed E-state index contributed by atoms with van der Waals surface area (Å²) in [5.74, 6) is 0.261. The van der Waals surface area contributed by atoms with Crippen LogP contribution in [0.5, 0.6) is 11.5 Å². The fourth-order valence-corrected chi connectivity index (χ4v) is 3.89. The molecule has 0 aliphatic heterocycles. The van der Waals surface area contributed by atoms with Crippen LogP contribution >= 0.6 is 11.6 Å². The predicted octanol–water partition coefficient (Wildman–Crippen LogP) is 5.19. The third kappa shape index (κ3) is 5.48. The number of carboxylic acids is 1. The van der Waals surface area contributed by atoms with Gasteiger partial charge in [0.15, 0.2) is 11.5 Å². The van der Waals surface area contributed by atoms with Crippen molar-refractivity contribution >= 4 is 28.5 Å². The molecular weight excluding hydrogens is 440 g/mol. The number of aliphatic carboxylic acids is 1. The summed E-state index contributed by atoms with van der Waals surface area (Å²) in [5, 5.41) is 14.7.